The Morgan fingerprint density at radius 1 is 0.853 bits per heavy atom. The molecular weight excluding hydrogens is 448 g/mol. The largest absolute Gasteiger partial charge is 0.508 e. The zero-order valence-electron chi connectivity index (χ0n) is 19.3. The Bertz CT molecular complexity index is 887. The van der Waals surface area contributed by atoms with Gasteiger partial charge in [0.2, 0.25) is 17.7 Å². The van der Waals surface area contributed by atoms with Crippen LogP contribution in [0, 0.1) is 5.92 Å². The van der Waals surface area contributed by atoms with Gasteiger partial charge in [-0.3, -0.25) is 19.2 Å². The van der Waals surface area contributed by atoms with Crippen molar-refractivity contribution in [3.8, 4) is 5.75 Å². The van der Waals surface area contributed by atoms with Gasteiger partial charge in [0.05, 0.1) is 12.5 Å². The zero-order valence-corrected chi connectivity index (χ0v) is 19.3. The molecule has 8 N–H and O–H groups in total. The summed E-state index contributed by atoms with van der Waals surface area (Å²) < 4.78 is 0. The molecule has 188 valence electrons. The Hall–Kier alpha value is -3.67. The molecule has 4 unspecified atom stereocenters. The standard InChI is InChI=1S/C22H32N4O8/c1-11(2)8-16(21(32)26-17(22(33)34)10-18(28)29)25-19(30)12(3)24-20(31)15(23)9-13-4-6-14(27)7-5-13/h4-7,11-12,15-17,27H,8-10,23H2,1-3H3,(H,24,31)(H,25,30)(H,26,32)(H,28,29)(H,33,34). The minimum absolute atomic E-state index is 0.0672. The van der Waals surface area contributed by atoms with Crippen LogP contribution in [-0.2, 0) is 30.4 Å². The number of aliphatic carboxylic acids is 2. The number of hydrogen-bond donors (Lipinski definition) is 7. The Morgan fingerprint density at radius 3 is 1.91 bits per heavy atom. The van der Waals surface area contributed by atoms with Crippen LogP contribution in [0.15, 0.2) is 24.3 Å². The van der Waals surface area contributed by atoms with Gasteiger partial charge in [-0.05, 0) is 43.4 Å². The number of hydrogen-bond acceptors (Lipinski definition) is 7. The van der Waals surface area contributed by atoms with E-state index in [1.54, 1.807) is 26.0 Å². The molecule has 0 aliphatic heterocycles. The van der Waals surface area contributed by atoms with Gasteiger partial charge in [0.15, 0.2) is 0 Å². The van der Waals surface area contributed by atoms with Crippen LogP contribution in [0.5, 0.6) is 5.75 Å². The summed E-state index contributed by atoms with van der Waals surface area (Å²) in [6.45, 7) is 4.97. The number of phenols is 1. The molecule has 0 heterocycles. The maximum absolute atomic E-state index is 12.6. The molecule has 0 saturated heterocycles. The SMILES string of the molecule is CC(C)CC(NC(=O)C(C)NC(=O)C(N)Cc1ccc(O)cc1)C(=O)NC(CC(=O)O)C(=O)O. The van der Waals surface area contributed by atoms with Gasteiger partial charge in [0.25, 0.3) is 0 Å². The summed E-state index contributed by atoms with van der Waals surface area (Å²) in [4.78, 5) is 59.7. The molecule has 12 nitrogen and oxygen atoms in total. The number of carboxylic acids is 2. The Morgan fingerprint density at radius 2 is 1.41 bits per heavy atom. The number of nitrogens with one attached hydrogen (secondary N) is 3. The van der Waals surface area contributed by atoms with Crippen molar-refractivity contribution >= 4 is 29.7 Å². The van der Waals surface area contributed by atoms with E-state index < -0.39 is 60.2 Å². The number of benzene rings is 1. The molecular formula is C22H32N4O8. The second-order valence-electron chi connectivity index (χ2n) is 8.40. The number of nitrogens with two attached hydrogens (primary N) is 1. The van der Waals surface area contributed by atoms with E-state index >= 15 is 0 Å². The molecule has 12 heteroatoms. The Balaban J connectivity index is 2.76. The maximum atomic E-state index is 12.6. The molecule has 0 bridgehead atoms. The Labute approximate surface area is 196 Å². The van der Waals surface area contributed by atoms with Crippen molar-refractivity contribution in [3.63, 3.8) is 0 Å². The van der Waals surface area contributed by atoms with Crippen LogP contribution < -0.4 is 21.7 Å². The minimum Gasteiger partial charge on any atom is -0.508 e. The fourth-order valence-electron chi connectivity index (χ4n) is 3.01. The predicted octanol–water partition coefficient (Wildman–Crippen LogP) is -0.658. The van der Waals surface area contributed by atoms with Gasteiger partial charge in [-0.25, -0.2) is 4.79 Å². The van der Waals surface area contributed by atoms with Crippen molar-refractivity contribution in [2.24, 2.45) is 11.7 Å². The summed E-state index contributed by atoms with van der Waals surface area (Å²) in [7, 11) is 0. The lowest BCUT2D eigenvalue weighted by molar-refractivity contribution is -0.147. The second-order valence-corrected chi connectivity index (χ2v) is 8.40. The number of phenolic OH excluding ortho intramolecular Hbond substituents is 1. The third kappa shape index (κ3) is 9.86. The highest BCUT2D eigenvalue weighted by Crippen LogP contribution is 2.11. The average Bonchev–Trinajstić information content (AvgIpc) is 2.73. The number of carboxylic acid groups (broad SMARTS) is 2. The van der Waals surface area contributed by atoms with Crippen molar-refractivity contribution in [2.75, 3.05) is 0 Å². The van der Waals surface area contributed by atoms with Crippen molar-refractivity contribution in [1.82, 2.24) is 16.0 Å². The van der Waals surface area contributed by atoms with Gasteiger partial charge >= 0.3 is 11.9 Å². The van der Waals surface area contributed by atoms with E-state index in [-0.39, 0.29) is 24.5 Å². The van der Waals surface area contributed by atoms with Crippen LogP contribution in [0.1, 0.15) is 39.2 Å². The first kappa shape index (κ1) is 28.4. The van der Waals surface area contributed by atoms with Gasteiger partial charge in [0, 0.05) is 0 Å². The van der Waals surface area contributed by atoms with Crippen LogP contribution >= 0.6 is 0 Å². The van der Waals surface area contributed by atoms with Crippen LogP contribution in [0.25, 0.3) is 0 Å². The topological polar surface area (TPSA) is 208 Å². The summed E-state index contributed by atoms with van der Waals surface area (Å²) in [5.74, 6) is -5.07. The van der Waals surface area contributed by atoms with E-state index in [0.717, 1.165) is 0 Å². The first-order valence-corrected chi connectivity index (χ1v) is 10.7. The van der Waals surface area contributed by atoms with E-state index in [4.69, 9.17) is 15.9 Å². The summed E-state index contributed by atoms with van der Waals surface area (Å²) in [5, 5.41) is 34.4. The van der Waals surface area contributed by atoms with Crippen LogP contribution in [-0.4, -0.2) is 69.1 Å². The van der Waals surface area contributed by atoms with E-state index in [2.05, 4.69) is 16.0 Å². The summed E-state index contributed by atoms with van der Waals surface area (Å²) in [5.41, 5.74) is 6.61. The van der Waals surface area contributed by atoms with Crippen molar-refractivity contribution < 1.29 is 39.3 Å². The quantitative estimate of drug-likeness (QED) is 0.191. The van der Waals surface area contributed by atoms with E-state index in [1.807, 2.05) is 0 Å². The highest BCUT2D eigenvalue weighted by atomic mass is 16.4. The number of rotatable bonds is 13. The molecule has 0 aromatic heterocycles. The number of carbonyl (C=O) groups excluding carboxylic acids is 3. The molecule has 0 spiro atoms. The molecule has 34 heavy (non-hydrogen) atoms. The number of carbonyl (C=O) groups is 5. The molecule has 1 aromatic rings. The molecule has 0 saturated carbocycles. The fourth-order valence-corrected chi connectivity index (χ4v) is 3.01. The van der Waals surface area contributed by atoms with Crippen LogP contribution in [0.3, 0.4) is 0 Å². The first-order valence-electron chi connectivity index (χ1n) is 10.7. The van der Waals surface area contributed by atoms with Gasteiger partial charge in [-0.15, -0.1) is 0 Å². The maximum Gasteiger partial charge on any atom is 0.326 e. The van der Waals surface area contributed by atoms with Gasteiger partial charge in [-0.2, -0.15) is 0 Å². The van der Waals surface area contributed by atoms with Crippen molar-refractivity contribution in [3.05, 3.63) is 29.8 Å². The third-order valence-electron chi connectivity index (χ3n) is 4.81. The number of amides is 3. The molecule has 3 amide bonds. The zero-order chi connectivity index (χ0) is 26.0. The summed E-state index contributed by atoms with van der Waals surface area (Å²) >= 11 is 0. The molecule has 0 fully saturated rings. The molecule has 0 aliphatic carbocycles. The fraction of sp³-hybridized carbons (Fsp3) is 0.500. The molecule has 0 radical (unpaired) electrons. The normalized spacial score (nSPS) is 14.4. The second kappa shape index (κ2) is 13.1. The van der Waals surface area contributed by atoms with Crippen molar-refractivity contribution in [1.29, 1.82) is 0 Å². The van der Waals surface area contributed by atoms with E-state index in [0.29, 0.717) is 5.56 Å². The van der Waals surface area contributed by atoms with Gasteiger partial charge in [0.1, 0.15) is 23.9 Å². The lowest BCUT2D eigenvalue weighted by Crippen LogP contribution is -2.56. The minimum atomic E-state index is -1.66. The summed E-state index contributed by atoms with van der Waals surface area (Å²) in [6.07, 6.45) is -0.508. The number of aromatic hydroxyl groups is 1. The highest BCUT2D eigenvalue weighted by Gasteiger charge is 2.30. The molecule has 4 atom stereocenters. The summed E-state index contributed by atoms with van der Waals surface area (Å²) in [6, 6.07) is 1.31. The molecule has 1 aromatic carbocycles. The monoisotopic (exact) mass is 480 g/mol. The van der Waals surface area contributed by atoms with Crippen molar-refractivity contribution in [2.45, 2.75) is 64.2 Å². The van der Waals surface area contributed by atoms with Crippen LogP contribution in [0.2, 0.25) is 0 Å². The van der Waals surface area contributed by atoms with E-state index in [1.165, 1.54) is 19.1 Å². The Kier molecular flexibility index (Phi) is 11.0. The lowest BCUT2D eigenvalue weighted by Gasteiger charge is -2.24. The first-order chi connectivity index (χ1) is 15.8. The lowest BCUT2D eigenvalue weighted by atomic mass is 10.0. The molecule has 0 aliphatic rings. The average molecular weight is 481 g/mol. The third-order valence-corrected chi connectivity index (χ3v) is 4.81. The smallest absolute Gasteiger partial charge is 0.326 e. The molecule has 1 rings (SSSR count). The highest BCUT2D eigenvalue weighted by molar-refractivity contribution is 5.94. The van der Waals surface area contributed by atoms with Gasteiger partial charge < -0.3 is 37.0 Å². The van der Waals surface area contributed by atoms with E-state index in [9.17, 15) is 29.1 Å². The predicted molar refractivity (Wildman–Crippen MR) is 121 cm³/mol. The van der Waals surface area contributed by atoms with Crippen LogP contribution in [0.4, 0.5) is 0 Å². The van der Waals surface area contributed by atoms with Gasteiger partial charge in [-0.1, -0.05) is 26.0 Å².